The molecule has 0 fully saturated rings. The summed E-state index contributed by atoms with van der Waals surface area (Å²) in [6, 6.07) is 0. The van der Waals surface area contributed by atoms with E-state index in [-0.39, 0.29) is 16.1 Å². The molecule has 0 saturated carbocycles. The van der Waals surface area contributed by atoms with E-state index in [9.17, 15) is 13.2 Å². The summed E-state index contributed by atoms with van der Waals surface area (Å²) < 4.78 is 39.3. The zero-order chi connectivity index (χ0) is 12.5. The highest BCUT2D eigenvalue weighted by Crippen LogP contribution is 2.37. The van der Waals surface area contributed by atoms with E-state index in [1.165, 1.54) is 23.5 Å². The minimum absolute atomic E-state index is 0.157. The van der Waals surface area contributed by atoms with Gasteiger partial charge in [-0.15, -0.1) is 11.8 Å². The summed E-state index contributed by atoms with van der Waals surface area (Å²) in [5.74, 6) is 0. The molecule has 1 aromatic heterocycles. The van der Waals surface area contributed by atoms with Crippen LogP contribution in [-0.4, -0.2) is 15.0 Å². The molecule has 0 unspecified atom stereocenters. The van der Waals surface area contributed by atoms with E-state index in [0.29, 0.717) is 5.03 Å². The molecule has 0 N–H and O–H groups in total. The van der Waals surface area contributed by atoms with Crippen molar-refractivity contribution >= 4 is 27.7 Å². The lowest BCUT2D eigenvalue weighted by Crippen LogP contribution is -2.08. The van der Waals surface area contributed by atoms with Crippen LogP contribution >= 0.6 is 27.7 Å². The number of aryl methyl sites for hydroxylation is 1. The molecule has 0 bridgehead atoms. The van der Waals surface area contributed by atoms with Gasteiger partial charge >= 0.3 is 6.18 Å². The Morgan fingerprint density at radius 1 is 1.44 bits per heavy atom. The largest absolute Gasteiger partial charge is 0.435 e. The highest BCUT2D eigenvalue weighted by molar-refractivity contribution is 9.08. The number of thioether (sulfide) groups is 1. The third kappa shape index (κ3) is 2.94. The van der Waals surface area contributed by atoms with E-state index < -0.39 is 11.9 Å². The van der Waals surface area contributed by atoms with Gasteiger partial charge in [-0.05, 0) is 0 Å². The quantitative estimate of drug-likeness (QED) is 0.623. The molecule has 0 aliphatic heterocycles. The van der Waals surface area contributed by atoms with Crippen LogP contribution in [0.15, 0.2) is 5.03 Å². The minimum atomic E-state index is -4.39. The van der Waals surface area contributed by atoms with E-state index in [4.69, 9.17) is 0 Å². The van der Waals surface area contributed by atoms with Crippen molar-refractivity contribution in [1.29, 1.82) is 0 Å². The Labute approximate surface area is 105 Å². The van der Waals surface area contributed by atoms with Gasteiger partial charge in [0, 0.05) is 23.2 Å². The number of rotatable bonds is 3. The molecule has 0 atom stereocenters. The molecular weight excluding hydrogens is 305 g/mol. The SMILES string of the molecule is CC(C)Sc1c(CBr)c(C(F)(F)F)nn1C. The highest BCUT2D eigenvalue weighted by Gasteiger charge is 2.38. The average molecular weight is 317 g/mol. The third-order valence-corrected chi connectivity index (χ3v) is 3.60. The molecule has 1 rings (SSSR count). The van der Waals surface area contributed by atoms with Gasteiger partial charge in [0.25, 0.3) is 0 Å². The van der Waals surface area contributed by atoms with Gasteiger partial charge < -0.3 is 0 Å². The molecule has 7 heteroatoms. The number of alkyl halides is 4. The lowest BCUT2D eigenvalue weighted by atomic mass is 10.3. The highest BCUT2D eigenvalue weighted by atomic mass is 79.9. The zero-order valence-electron chi connectivity index (χ0n) is 9.10. The first-order valence-electron chi connectivity index (χ1n) is 4.63. The van der Waals surface area contributed by atoms with E-state index in [1.807, 2.05) is 13.8 Å². The van der Waals surface area contributed by atoms with Crippen molar-refractivity contribution in [2.24, 2.45) is 7.05 Å². The van der Waals surface area contributed by atoms with Gasteiger partial charge in [-0.3, -0.25) is 4.68 Å². The molecule has 0 aliphatic carbocycles. The standard InChI is InChI=1S/C9H12BrF3N2S/c1-5(2)16-8-6(4-10)7(9(11,12)13)14-15(8)3/h5H,4H2,1-3H3. The Kier molecular flexibility index (Phi) is 4.34. The van der Waals surface area contributed by atoms with Gasteiger partial charge in [0.15, 0.2) is 5.69 Å². The minimum Gasteiger partial charge on any atom is -0.261 e. The monoisotopic (exact) mass is 316 g/mol. The van der Waals surface area contributed by atoms with Crippen molar-refractivity contribution in [2.75, 3.05) is 0 Å². The van der Waals surface area contributed by atoms with Gasteiger partial charge in [0.1, 0.15) is 0 Å². The lowest BCUT2D eigenvalue weighted by Gasteiger charge is -2.07. The van der Waals surface area contributed by atoms with Crippen molar-refractivity contribution < 1.29 is 13.2 Å². The molecule has 1 heterocycles. The maximum Gasteiger partial charge on any atom is 0.435 e. The molecule has 0 aliphatic rings. The van der Waals surface area contributed by atoms with Crippen molar-refractivity contribution in [3.8, 4) is 0 Å². The molecule has 16 heavy (non-hydrogen) atoms. The normalized spacial score (nSPS) is 12.5. The van der Waals surface area contributed by atoms with Crippen molar-refractivity contribution in [2.45, 2.75) is 35.6 Å². The van der Waals surface area contributed by atoms with E-state index in [1.54, 1.807) is 0 Å². The molecular formula is C9H12BrF3N2S. The van der Waals surface area contributed by atoms with E-state index in [0.717, 1.165) is 0 Å². The Bertz CT molecular complexity index is 374. The first-order chi connectivity index (χ1) is 7.27. The Morgan fingerprint density at radius 2 is 2.00 bits per heavy atom. The van der Waals surface area contributed by atoms with Crippen molar-refractivity contribution in [3.05, 3.63) is 11.3 Å². The lowest BCUT2D eigenvalue weighted by molar-refractivity contribution is -0.141. The number of aromatic nitrogens is 2. The Morgan fingerprint density at radius 3 is 2.38 bits per heavy atom. The summed E-state index contributed by atoms with van der Waals surface area (Å²) in [5, 5.41) is 4.49. The second kappa shape index (κ2) is 5.00. The Balaban J connectivity index is 3.24. The van der Waals surface area contributed by atoms with Gasteiger partial charge in [0.05, 0.1) is 5.03 Å². The van der Waals surface area contributed by atoms with Crippen LogP contribution in [0.4, 0.5) is 13.2 Å². The van der Waals surface area contributed by atoms with Gasteiger partial charge in [0.2, 0.25) is 0 Å². The second-order valence-electron chi connectivity index (χ2n) is 3.55. The van der Waals surface area contributed by atoms with Crippen LogP contribution in [-0.2, 0) is 18.6 Å². The molecule has 92 valence electrons. The van der Waals surface area contributed by atoms with E-state index >= 15 is 0 Å². The fourth-order valence-electron chi connectivity index (χ4n) is 1.27. The topological polar surface area (TPSA) is 17.8 Å². The average Bonchev–Trinajstić information content (AvgIpc) is 2.42. The van der Waals surface area contributed by atoms with Gasteiger partial charge in [-0.2, -0.15) is 18.3 Å². The predicted molar refractivity (Wildman–Crippen MR) is 61.8 cm³/mol. The molecule has 2 nitrogen and oxygen atoms in total. The van der Waals surface area contributed by atoms with Crippen molar-refractivity contribution in [1.82, 2.24) is 9.78 Å². The molecule has 0 aromatic carbocycles. The third-order valence-electron chi connectivity index (χ3n) is 1.84. The fourth-order valence-corrected chi connectivity index (χ4v) is 2.94. The van der Waals surface area contributed by atoms with Crippen LogP contribution in [0.25, 0.3) is 0 Å². The maximum absolute atomic E-state index is 12.7. The summed E-state index contributed by atoms with van der Waals surface area (Å²) in [6.45, 7) is 3.87. The summed E-state index contributed by atoms with van der Waals surface area (Å²) in [6.07, 6.45) is -4.39. The van der Waals surface area contributed by atoms with Crippen LogP contribution in [0.2, 0.25) is 0 Å². The number of hydrogen-bond acceptors (Lipinski definition) is 2. The molecule has 0 saturated heterocycles. The van der Waals surface area contributed by atoms with Crippen LogP contribution in [0.1, 0.15) is 25.1 Å². The van der Waals surface area contributed by atoms with Crippen LogP contribution in [0.3, 0.4) is 0 Å². The molecule has 0 radical (unpaired) electrons. The van der Waals surface area contributed by atoms with Crippen LogP contribution in [0, 0.1) is 0 Å². The zero-order valence-corrected chi connectivity index (χ0v) is 11.5. The number of halogens is 4. The summed E-state index contributed by atoms with van der Waals surface area (Å²) in [4.78, 5) is 0. The Hall–Kier alpha value is -0.170. The fraction of sp³-hybridized carbons (Fsp3) is 0.667. The first kappa shape index (κ1) is 13.9. The first-order valence-corrected chi connectivity index (χ1v) is 6.63. The van der Waals surface area contributed by atoms with Gasteiger partial charge in [-0.25, -0.2) is 0 Å². The van der Waals surface area contributed by atoms with E-state index in [2.05, 4.69) is 21.0 Å². The number of nitrogens with zero attached hydrogens (tertiary/aromatic N) is 2. The van der Waals surface area contributed by atoms with Crippen LogP contribution < -0.4 is 0 Å². The smallest absolute Gasteiger partial charge is 0.261 e. The molecule has 1 aromatic rings. The molecule has 0 amide bonds. The summed E-state index contributed by atoms with van der Waals surface area (Å²) >= 11 is 4.47. The second-order valence-corrected chi connectivity index (χ2v) is 5.68. The summed E-state index contributed by atoms with van der Waals surface area (Å²) in [7, 11) is 1.53. The number of hydrogen-bond donors (Lipinski definition) is 0. The predicted octanol–water partition coefficient (Wildman–Crippen LogP) is 3.83. The maximum atomic E-state index is 12.7. The van der Waals surface area contributed by atoms with Crippen LogP contribution in [0.5, 0.6) is 0 Å². The van der Waals surface area contributed by atoms with Crippen molar-refractivity contribution in [3.63, 3.8) is 0 Å². The molecule has 0 spiro atoms. The van der Waals surface area contributed by atoms with Gasteiger partial charge in [-0.1, -0.05) is 29.8 Å². The summed E-state index contributed by atoms with van der Waals surface area (Å²) in [5.41, 5.74) is -0.580.